The fourth-order valence-electron chi connectivity index (χ4n) is 2.90. The van der Waals surface area contributed by atoms with Gasteiger partial charge in [-0.05, 0) is 36.8 Å². The number of nitrogen functional groups attached to an aromatic ring is 1. The zero-order valence-corrected chi connectivity index (χ0v) is 13.5. The maximum Gasteiger partial charge on any atom is 0.254 e. The van der Waals surface area contributed by atoms with E-state index in [4.69, 9.17) is 5.73 Å². The molecule has 1 aliphatic heterocycles. The lowest BCUT2D eigenvalue weighted by Crippen LogP contribution is -2.42. The summed E-state index contributed by atoms with van der Waals surface area (Å²) in [4.78, 5) is 18.9. The SMILES string of the molecule is CCCc1cc(C(=O)N2CCC(C)(CC)CC2)cc(N)n1. The Balaban J connectivity index is 2.10. The van der Waals surface area contributed by atoms with Gasteiger partial charge in [0, 0.05) is 24.3 Å². The first-order valence-electron chi connectivity index (χ1n) is 8.03. The van der Waals surface area contributed by atoms with Crippen molar-refractivity contribution in [1.29, 1.82) is 0 Å². The molecule has 0 saturated carbocycles. The van der Waals surface area contributed by atoms with Crippen LogP contribution < -0.4 is 5.73 Å². The summed E-state index contributed by atoms with van der Waals surface area (Å²) in [6.45, 7) is 8.34. The molecule has 0 radical (unpaired) electrons. The lowest BCUT2D eigenvalue weighted by atomic mass is 9.78. The molecule has 0 aromatic carbocycles. The molecule has 1 aromatic rings. The van der Waals surface area contributed by atoms with Gasteiger partial charge in [-0.25, -0.2) is 4.98 Å². The van der Waals surface area contributed by atoms with Gasteiger partial charge in [0.25, 0.3) is 5.91 Å². The van der Waals surface area contributed by atoms with Crippen molar-refractivity contribution in [3.63, 3.8) is 0 Å². The third-order valence-corrected chi connectivity index (χ3v) is 4.76. The highest BCUT2D eigenvalue weighted by atomic mass is 16.2. The van der Waals surface area contributed by atoms with Gasteiger partial charge < -0.3 is 10.6 Å². The second-order valence-corrected chi connectivity index (χ2v) is 6.48. The number of likely N-dealkylation sites (tertiary alicyclic amines) is 1. The molecule has 0 spiro atoms. The molecule has 2 rings (SSSR count). The van der Waals surface area contributed by atoms with Gasteiger partial charge in [-0.3, -0.25) is 4.79 Å². The number of aryl methyl sites for hydroxylation is 1. The van der Waals surface area contributed by atoms with Gasteiger partial charge in [0.05, 0.1) is 0 Å². The molecule has 0 atom stereocenters. The monoisotopic (exact) mass is 289 g/mol. The molecule has 1 amide bonds. The van der Waals surface area contributed by atoms with E-state index < -0.39 is 0 Å². The summed E-state index contributed by atoms with van der Waals surface area (Å²) in [5, 5.41) is 0. The van der Waals surface area contributed by atoms with Crippen molar-refractivity contribution < 1.29 is 4.79 Å². The van der Waals surface area contributed by atoms with Gasteiger partial charge in [0.1, 0.15) is 5.82 Å². The number of carbonyl (C=O) groups is 1. The zero-order valence-electron chi connectivity index (χ0n) is 13.5. The van der Waals surface area contributed by atoms with Crippen LogP contribution in [0.1, 0.15) is 62.5 Å². The average molecular weight is 289 g/mol. The van der Waals surface area contributed by atoms with Crippen LogP contribution in [0, 0.1) is 5.41 Å². The fourth-order valence-corrected chi connectivity index (χ4v) is 2.90. The molecule has 0 unspecified atom stereocenters. The van der Waals surface area contributed by atoms with E-state index in [1.807, 2.05) is 11.0 Å². The third-order valence-electron chi connectivity index (χ3n) is 4.76. The van der Waals surface area contributed by atoms with E-state index in [1.165, 1.54) is 6.42 Å². The van der Waals surface area contributed by atoms with Gasteiger partial charge in [-0.2, -0.15) is 0 Å². The Morgan fingerprint density at radius 2 is 2.00 bits per heavy atom. The topological polar surface area (TPSA) is 59.2 Å². The largest absolute Gasteiger partial charge is 0.384 e. The predicted molar refractivity (Wildman–Crippen MR) is 86.2 cm³/mol. The van der Waals surface area contributed by atoms with Crippen molar-refractivity contribution in [2.75, 3.05) is 18.8 Å². The molecule has 1 aromatic heterocycles. The average Bonchev–Trinajstić information content (AvgIpc) is 2.47. The second-order valence-electron chi connectivity index (χ2n) is 6.48. The van der Waals surface area contributed by atoms with Crippen molar-refractivity contribution in [1.82, 2.24) is 9.88 Å². The lowest BCUT2D eigenvalue weighted by Gasteiger charge is -2.39. The summed E-state index contributed by atoms with van der Waals surface area (Å²) >= 11 is 0. The maximum absolute atomic E-state index is 12.7. The molecular formula is C17H27N3O. The van der Waals surface area contributed by atoms with Crippen molar-refractivity contribution in [3.05, 3.63) is 23.4 Å². The highest BCUT2D eigenvalue weighted by molar-refractivity contribution is 5.95. The Morgan fingerprint density at radius 1 is 1.33 bits per heavy atom. The van der Waals surface area contributed by atoms with Crippen molar-refractivity contribution in [2.45, 2.75) is 52.9 Å². The van der Waals surface area contributed by atoms with Crippen molar-refractivity contribution >= 4 is 11.7 Å². The standard InChI is InChI=1S/C17H27N3O/c1-4-6-14-11-13(12-15(18)19-14)16(21)20-9-7-17(3,5-2)8-10-20/h11-12H,4-10H2,1-3H3,(H2,18,19). The molecular weight excluding hydrogens is 262 g/mol. The zero-order chi connectivity index (χ0) is 15.5. The lowest BCUT2D eigenvalue weighted by molar-refractivity contribution is 0.0600. The number of hydrogen-bond acceptors (Lipinski definition) is 3. The van der Waals surface area contributed by atoms with Crippen LogP contribution in [-0.2, 0) is 6.42 Å². The molecule has 1 saturated heterocycles. The molecule has 0 aliphatic carbocycles. The normalized spacial score (nSPS) is 17.8. The van der Waals surface area contributed by atoms with Crippen LogP contribution >= 0.6 is 0 Å². The molecule has 1 aliphatic rings. The van der Waals surface area contributed by atoms with Gasteiger partial charge in [-0.15, -0.1) is 0 Å². The number of aromatic nitrogens is 1. The van der Waals surface area contributed by atoms with Crippen LogP contribution in [-0.4, -0.2) is 28.9 Å². The number of carbonyl (C=O) groups excluding carboxylic acids is 1. The summed E-state index contributed by atoms with van der Waals surface area (Å²) in [6, 6.07) is 3.60. The van der Waals surface area contributed by atoms with Crippen LogP contribution in [0.3, 0.4) is 0 Å². The Bertz CT molecular complexity index is 505. The predicted octanol–water partition coefficient (Wildman–Crippen LogP) is 3.27. The summed E-state index contributed by atoms with van der Waals surface area (Å²) in [7, 11) is 0. The number of amides is 1. The first-order valence-corrected chi connectivity index (χ1v) is 8.03. The van der Waals surface area contributed by atoms with Gasteiger partial charge in [0.15, 0.2) is 0 Å². The molecule has 116 valence electrons. The molecule has 4 nitrogen and oxygen atoms in total. The summed E-state index contributed by atoms with van der Waals surface area (Å²) < 4.78 is 0. The smallest absolute Gasteiger partial charge is 0.254 e. The number of anilines is 1. The van der Waals surface area contributed by atoms with Gasteiger partial charge in [0.2, 0.25) is 0 Å². The highest BCUT2D eigenvalue weighted by Crippen LogP contribution is 2.34. The number of rotatable bonds is 4. The van der Waals surface area contributed by atoms with Crippen molar-refractivity contribution in [3.8, 4) is 0 Å². The van der Waals surface area contributed by atoms with E-state index in [0.29, 0.717) is 16.8 Å². The Hall–Kier alpha value is -1.58. The van der Waals surface area contributed by atoms with Crippen LogP contribution in [0.2, 0.25) is 0 Å². The number of hydrogen-bond donors (Lipinski definition) is 1. The van der Waals surface area contributed by atoms with Gasteiger partial charge in [-0.1, -0.05) is 33.6 Å². The first kappa shape index (κ1) is 15.8. The fraction of sp³-hybridized carbons (Fsp3) is 0.647. The van der Waals surface area contributed by atoms with E-state index in [-0.39, 0.29) is 5.91 Å². The Kier molecular flexibility index (Phi) is 4.86. The number of nitrogens with two attached hydrogens (primary N) is 1. The van der Waals surface area contributed by atoms with Crippen LogP contribution in [0.4, 0.5) is 5.82 Å². The maximum atomic E-state index is 12.7. The molecule has 2 heterocycles. The number of piperidine rings is 1. The van der Waals surface area contributed by atoms with E-state index in [9.17, 15) is 4.79 Å². The van der Waals surface area contributed by atoms with E-state index in [0.717, 1.165) is 44.5 Å². The van der Waals surface area contributed by atoms with Crippen LogP contribution in [0.5, 0.6) is 0 Å². The molecule has 0 bridgehead atoms. The number of nitrogens with zero attached hydrogens (tertiary/aromatic N) is 2. The quantitative estimate of drug-likeness (QED) is 0.925. The van der Waals surface area contributed by atoms with E-state index in [1.54, 1.807) is 6.07 Å². The molecule has 21 heavy (non-hydrogen) atoms. The summed E-state index contributed by atoms with van der Waals surface area (Å²) in [6.07, 6.45) is 5.20. The second kappa shape index (κ2) is 6.46. The highest BCUT2D eigenvalue weighted by Gasteiger charge is 2.30. The Labute approximate surface area is 127 Å². The first-order chi connectivity index (χ1) is 9.97. The molecule has 1 fully saturated rings. The Morgan fingerprint density at radius 3 is 2.57 bits per heavy atom. The van der Waals surface area contributed by atoms with Crippen LogP contribution in [0.25, 0.3) is 0 Å². The van der Waals surface area contributed by atoms with Gasteiger partial charge >= 0.3 is 0 Å². The van der Waals surface area contributed by atoms with Crippen molar-refractivity contribution in [2.24, 2.45) is 5.41 Å². The molecule has 4 heteroatoms. The summed E-state index contributed by atoms with van der Waals surface area (Å²) in [5.41, 5.74) is 7.83. The van der Waals surface area contributed by atoms with Crippen LogP contribution in [0.15, 0.2) is 12.1 Å². The third kappa shape index (κ3) is 3.74. The van der Waals surface area contributed by atoms with E-state index >= 15 is 0 Å². The molecule has 2 N–H and O–H groups in total. The number of pyridine rings is 1. The van der Waals surface area contributed by atoms with E-state index in [2.05, 4.69) is 25.8 Å². The minimum absolute atomic E-state index is 0.0969. The minimum atomic E-state index is 0.0969. The summed E-state index contributed by atoms with van der Waals surface area (Å²) in [5.74, 6) is 0.541. The minimum Gasteiger partial charge on any atom is -0.384 e.